The highest BCUT2D eigenvalue weighted by Gasteiger charge is 2.15. The van der Waals surface area contributed by atoms with E-state index in [9.17, 15) is 4.79 Å². The lowest BCUT2D eigenvalue weighted by atomic mass is 10.2. The number of hydrogen-bond donors (Lipinski definition) is 1. The Kier molecular flexibility index (Phi) is 2.49. The van der Waals surface area contributed by atoms with E-state index in [2.05, 4.69) is 0 Å². The number of carboxylic acid groups (broad SMARTS) is 1. The zero-order chi connectivity index (χ0) is 10.8. The van der Waals surface area contributed by atoms with Crippen LogP contribution in [0, 0.1) is 0 Å². The first-order valence-electron chi connectivity index (χ1n) is 4.91. The Hall–Kier alpha value is -1.71. The van der Waals surface area contributed by atoms with E-state index in [1.807, 2.05) is 17.7 Å². The summed E-state index contributed by atoms with van der Waals surface area (Å²) < 4.78 is 7.47. The lowest BCUT2D eigenvalue weighted by Crippen LogP contribution is -2.09. The van der Waals surface area contributed by atoms with Gasteiger partial charge in [0, 0.05) is 24.9 Å². The smallest absolute Gasteiger partial charge is 0.328 e. The quantitative estimate of drug-likeness (QED) is 0.747. The summed E-state index contributed by atoms with van der Waals surface area (Å²) in [5.41, 5.74) is 2.01. The van der Waals surface area contributed by atoms with Crippen LogP contribution in [0.25, 0.3) is 6.08 Å². The van der Waals surface area contributed by atoms with Gasteiger partial charge in [0.15, 0.2) is 0 Å². The van der Waals surface area contributed by atoms with Gasteiger partial charge in [0.1, 0.15) is 5.75 Å². The Morgan fingerprint density at radius 2 is 2.47 bits per heavy atom. The predicted octanol–water partition coefficient (Wildman–Crippen LogP) is 1.45. The number of ether oxygens (including phenoxy) is 1. The van der Waals surface area contributed by atoms with E-state index >= 15 is 0 Å². The van der Waals surface area contributed by atoms with Gasteiger partial charge in [0.2, 0.25) is 0 Å². The fourth-order valence-corrected chi connectivity index (χ4v) is 1.79. The number of aromatic nitrogens is 1. The number of hydrogen-bond acceptors (Lipinski definition) is 2. The van der Waals surface area contributed by atoms with E-state index in [0.717, 1.165) is 42.7 Å². The summed E-state index contributed by atoms with van der Waals surface area (Å²) in [4.78, 5) is 10.4. The van der Waals surface area contributed by atoms with E-state index in [4.69, 9.17) is 9.84 Å². The van der Waals surface area contributed by atoms with E-state index in [0.29, 0.717) is 0 Å². The molecule has 2 heterocycles. The summed E-state index contributed by atoms with van der Waals surface area (Å²) in [5.74, 6) is -0.0520. The minimum atomic E-state index is -0.935. The maximum absolute atomic E-state index is 10.4. The third kappa shape index (κ3) is 1.88. The van der Waals surface area contributed by atoms with Crippen molar-refractivity contribution in [2.24, 2.45) is 7.05 Å². The van der Waals surface area contributed by atoms with Crippen LogP contribution in [0.3, 0.4) is 0 Å². The third-order valence-electron chi connectivity index (χ3n) is 2.57. The molecule has 1 aromatic rings. The van der Waals surface area contributed by atoms with Crippen LogP contribution in [0.4, 0.5) is 0 Å². The van der Waals surface area contributed by atoms with Gasteiger partial charge >= 0.3 is 5.97 Å². The molecule has 0 amide bonds. The van der Waals surface area contributed by atoms with Crippen molar-refractivity contribution in [3.05, 3.63) is 23.5 Å². The summed E-state index contributed by atoms with van der Waals surface area (Å²) in [6, 6.07) is 1.88. The van der Waals surface area contributed by atoms with E-state index in [-0.39, 0.29) is 0 Å². The van der Waals surface area contributed by atoms with Crippen molar-refractivity contribution in [3.63, 3.8) is 0 Å². The van der Waals surface area contributed by atoms with Crippen molar-refractivity contribution >= 4 is 12.0 Å². The topological polar surface area (TPSA) is 51.5 Å². The van der Waals surface area contributed by atoms with E-state index in [1.165, 1.54) is 0 Å². The number of aliphatic carboxylic acids is 1. The molecule has 1 aliphatic heterocycles. The normalized spacial score (nSPS) is 15.0. The second-order valence-electron chi connectivity index (χ2n) is 3.56. The van der Waals surface area contributed by atoms with Crippen LogP contribution in [0.2, 0.25) is 0 Å². The minimum absolute atomic E-state index is 0.749. The Balaban J connectivity index is 2.33. The number of rotatable bonds is 2. The summed E-state index contributed by atoms with van der Waals surface area (Å²) in [6.07, 6.45) is 4.74. The molecule has 1 aromatic heterocycles. The van der Waals surface area contributed by atoms with Crippen LogP contribution in [0.1, 0.15) is 17.8 Å². The third-order valence-corrected chi connectivity index (χ3v) is 2.57. The van der Waals surface area contributed by atoms with Crippen molar-refractivity contribution < 1.29 is 14.6 Å². The molecule has 80 valence electrons. The molecule has 1 aliphatic rings. The van der Waals surface area contributed by atoms with Gasteiger partial charge in [-0.2, -0.15) is 0 Å². The van der Waals surface area contributed by atoms with Crippen LogP contribution < -0.4 is 4.74 Å². The molecule has 0 unspecified atom stereocenters. The largest absolute Gasteiger partial charge is 0.492 e. The lowest BCUT2D eigenvalue weighted by molar-refractivity contribution is -0.131. The van der Waals surface area contributed by atoms with Crippen molar-refractivity contribution in [3.8, 4) is 5.75 Å². The summed E-state index contributed by atoms with van der Waals surface area (Å²) >= 11 is 0. The second kappa shape index (κ2) is 3.81. The van der Waals surface area contributed by atoms with Crippen LogP contribution in [-0.4, -0.2) is 22.2 Å². The van der Waals surface area contributed by atoms with Crippen LogP contribution in [0.5, 0.6) is 5.75 Å². The number of nitrogens with zero attached hydrogens (tertiary/aromatic N) is 1. The van der Waals surface area contributed by atoms with Gasteiger partial charge in [-0.05, 0) is 18.9 Å². The molecule has 15 heavy (non-hydrogen) atoms. The van der Waals surface area contributed by atoms with Crippen molar-refractivity contribution in [1.82, 2.24) is 4.57 Å². The monoisotopic (exact) mass is 207 g/mol. The summed E-state index contributed by atoms with van der Waals surface area (Å²) in [7, 11) is 1.93. The first-order valence-corrected chi connectivity index (χ1v) is 4.91. The summed E-state index contributed by atoms with van der Waals surface area (Å²) in [6.45, 7) is 0.749. The van der Waals surface area contributed by atoms with Crippen molar-refractivity contribution in [2.75, 3.05) is 6.61 Å². The van der Waals surface area contributed by atoms with Gasteiger partial charge in [0.05, 0.1) is 12.3 Å². The average molecular weight is 207 g/mol. The molecule has 4 nitrogen and oxygen atoms in total. The van der Waals surface area contributed by atoms with Gasteiger partial charge in [0.25, 0.3) is 0 Å². The first-order chi connectivity index (χ1) is 7.18. The molecule has 0 spiro atoms. The molecule has 0 saturated carbocycles. The van der Waals surface area contributed by atoms with Crippen molar-refractivity contribution in [2.45, 2.75) is 12.8 Å². The maximum atomic E-state index is 10.4. The second-order valence-corrected chi connectivity index (χ2v) is 3.56. The summed E-state index contributed by atoms with van der Waals surface area (Å²) in [5, 5.41) is 8.54. The first kappa shape index (κ1) is 9.83. The predicted molar refractivity (Wildman–Crippen MR) is 55.9 cm³/mol. The Morgan fingerprint density at radius 3 is 3.13 bits per heavy atom. The van der Waals surface area contributed by atoms with Crippen LogP contribution >= 0.6 is 0 Å². The molecule has 0 atom stereocenters. The molecule has 0 bridgehead atoms. The highest BCUT2D eigenvalue weighted by molar-refractivity contribution is 5.85. The fraction of sp³-hybridized carbons (Fsp3) is 0.364. The molecule has 0 radical (unpaired) electrons. The standard InChI is InChI=1S/C11H13NO3/c1-12-8(4-5-11(13)14)7-10-9(12)3-2-6-15-10/h4-5,7H,2-3,6H2,1H3,(H,13,14)/b5-4+. The molecule has 2 rings (SSSR count). The van der Waals surface area contributed by atoms with E-state index < -0.39 is 5.97 Å². The van der Waals surface area contributed by atoms with E-state index in [1.54, 1.807) is 6.08 Å². The van der Waals surface area contributed by atoms with Gasteiger partial charge in [-0.1, -0.05) is 0 Å². The average Bonchev–Trinajstić information content (AvgIpc) is 2.54. The Bertz CT molecular complexity index is 418. The minimum Gasteiger partial charge on any atom is -0.492 e. The van der Waals surface area contributed by atoms with Crippen molar-refractivity contribution in [1.29, 1.82) is 0 Å². The highest BCUT2D eigenvalue weighted by atomic mass is 16.5. The number of carboxylic acids is 1. The van der Waals surface area contributed by atoms with Gasteiger partial charge in [-0.3, -0.25) is 0 Å². The molecule has 0 saturated heterocycles. The van der Waals surface area contributed by atoms with Crippen LogP contribution in [0.15, 0.2) is 12.1 Å². The zero-order valence-corrected chi connectivity index (χ0v) is 8.56. The Labute approximate surface area is 87.8 Å². The SMILES string of the molecule is Cn1c(/C=C/C(=O)O)cc2c1CCCO2. The molecule has 0 aliphatic carbocycles. The highest BCUT2D eigenvalue weighted by Crippen LogP contribution is 2.28. The van der Waals surface area contributed by atoms with Crippen LogP contribution in [-0.2, 0) is 18.3 Å². The molecule has 4 heteroatoms. The van der Waals surface area contributed by atoms with Gasteiger partial charge in [-0.15, -0.1) is 0 Å². The molecule has 0 aromatic carbocycles. The number of fused-ring (bicyclic) bond motifs is 1. The molecular formula is C11H13NO3. The lowest BCUT2D eigenvalue weighted by Gasteiger charge is -2.14. The maximum Gasteiger partial charge on any atom is 0.328 e. The molecule has 1 N–H and O–H groups in total. The number of carbonyl (C=O) groups is 1. The molecule has 0 fully saturated rings. The fourth-order valence-electron chi connectivity index (χ4n) is 1.79. The molecular weight excluding hydrogens is 194 g/mol. The zero-order valence-electron chi connectivity index (χ0n) is 8.56. The Morgan fingerprint density at radius 1 is 1.67 bits per heavy atom. The van der Waals surface area contributed by atoms with Gasteiger partial charge in [-0.25, -0.2) is 4.79 Å². The van der Waals surface area contributed by atoms with Gasteiger partial charge < -0.3 is 14.4 Å².